The molecule has 0 atom stereocenters. The molecule has 96 valence electrons. The maximum absolute atomic E-state index is 11.6. The first kappa shape index (κ1) is 14.5. The van der Waals surface area contributed by atoms with Crippen molar-refractivity contribution >= 4 is 28.8 Å². The molecule has 1 rings (SSSR count). The molecule has 0 fully saturated rings. The lowest BCUT2D eigenvalue weighted by Gasteiger charge is -2.21. The minimum absolute atomic E-state index is 0.129. The molecule has 1 aromatic heterocycles. The van der Waals surface area contributed by atoms with Crippen LogP contribution in [-0.2, 0) is 11.2 Å². The standard InChI is InChI=1S/C12H19ClN2OS/c1-9(2)15(3)12(16)8-14-7-6-10-4-5-11(13)17-10/h4-5,9,14H,6-8H2,1-3H3. The van der Waals surface area contributed by atoms with E-state index in [-0.39, 0.29) is 11.9 Å². The van der Waals surface area contributed by atoms with Crippen LogP contribution >= 0.6 is 22.9 Å². The Balaban J connectivity index is 2.18. The molecule has 17 heavy (non-hydrogen) atoms. The number of hydrogen-bond donors (Lipinski definition) is 1. The normalized spacial score (nSPS) is 10.9. The van der Waals surface area contributed by atoms with Crippen LogP contribution in [-0.4, -0.2) is 37.0 Å². The summed E-state index contributed by atoms with van der Waals surface area (Å²) >= 11 is 7.43. The molecule has 0 unspecified atom stereocenters. The number of carbonyl (C=O) groups excluding carboxylic acids is 1. The summed E-state index contributed by atoms with van der Waals surface area (Å²) in [5.41, 5.74) is 0. The van der Waals surface area contributed by atoms with Gasteiger partial charge in [0.25, 0.3) is 0 Å². The van der Waals surface area contributed by atoms with E-state index in [1.54, 1.807) is 16.2 Å². The van der Waals surface area contributed by atoms with Gasteiger partial charge in [0, 0.05) is 24.5 Å². The molecule has 0 aliphatic heterocycles. The van der Waals surface area contributed by atoms with E-state index >= 15 is 0 Å². The fraction of sp³-hybridized carbons (Fsp3) is 0.583. The third-order valence-electron chi connectivity index (χ3n) is 2.62. The summed E-state index contributed by atoms with van der Waals surface area (Å²) in [6.07, 6.45) is 0.913. The molecule has 0 saturated carbocycles. The summed E-state index contributed by atoms with van der Waals surface area (Å²) < 4.78 is 0.815. The van der Waals surface area contributed by atoms with Crippen molar-refractivity contribution < 1.29 is 4.79 Å². The molecule has 0 saturated heterocycles. The van der Waals surface area contributed by atoms with Crippen molar-refractivity contribution in [3.05, 3.63) is 21.3 Å². The zero-order valence-corrected chi connectivity index (χ0v) is 12.1. The van der Waals surface area contributed by atoms with Crippen LogP contribution in [0.25, 0.3) is 0 Å². The van der Waals surface area contributed by atoms with E-state index in [0.717, 1.165) is 17.3 Å². The summed E-state index contributed by atoms with van der Waals surface area (Å²) in [7, 11) is 1.83. The Morgan fingerprint density at radius 1 is 1.53 bits per heavy atom. The van der Waals surface area contributed by atoms with Gasteiger partial charge in [-0.3, -0.25) is 4.79 Å². The number of halogens is 1. The molecule has 0 spiro atoms. The molecular formula is C12H19ClN2OS. The van der Waals surface area contributed by atoms with Crippen molar-refractivity contribution in [2.75, 3.05) is 20.1 Å². The van der Waals surface area contributed by atoms with Gasteiger partial charge in [-0.25, -0.2) is 0 Å². The van der Waals surface area contributed by atoms with Crippen LogP contribution in [0.3, 0.4) is 0 Å². The number of nitrogens with zero attached hydrogens (tertiary/aromatic N) is 1. The summed E-state index contributed by atoms with van der Waals surface area (Å²) in [4.78, 5) is 14.6. The van der Waals surface area contributed by atoms with Crippen LogP contribution in [0.1, 0.15) is 18.7 Å². The van der Waals surface area contributed by atoms with E-state index < -0.39 is 0 Å². The van der Waals surface area contributed by atoms with E-state index in [9.17, 15) is 4.79 Å². The molecule has 0 aliphatic carbocycles. The van der Waals surface area contributed by atoms with Crippen molar-refractivity contribution in [1.29, 1.82) is 0 Å². The number of thiophene rings is 1. The van der Waals surface area contributed by atoms with Gasteiger partial charge in [-0.15, -0.1) is 11.3 Å². The maximum atomic E-state index is 11.6. The second-order valence-electron chi connectivity index (χ2n) is 4.23. The second-order valence-corrected chi connectivity index (χ2v) is 6.03. The topological polar surface area (TPSA) is 32.3 Å². The van der Waals surface area contributed by atoms with Crippen LogP contribution < -0.4 is 5.32 Å². The second kappa shape index (κ2) is 6.99. The lowest BCUT2D eigenvalue weighted by atomic mass is 10.3. The average molecular weight is 275 g/mol. The molecule has 5 heteroatoms. The van der Waals surface area contributed by atoms with Gasteiger partial charge in [0.1, 0.15) is 0 Å². The summed E-state index contributed by atoms with van der Waals surface area (Å²) in [6.45, 7) is 5.21. The predicted molar refractivity (Wildman–Crippen MR) is 73.8 cm³/mol. The molecule has 3 nitrogen and oxygen atoms in total. The molecule has 0 aliphatic rings. The number of amides is 1. The Hall–Kier alpha value is -0.580. The fourth-order valence-electron chi connectivity index (χ4n) is 1.31. The molecule has 1 amide bonds. The van der Waals surface area contributed by atoms with Gasteiger partial charge < -0.3 is 10.2 Å². The Kier molecular flexibility index (Phi) is 5.95. The number of nitrogens with one attached hydrogen (secondary N) is 1. The minimum atomic E-state index is 0.129. The number of hydrogen-bond acceptors (Lipinski definition) is 3. The SMILES string of the molecule is CC(C)N(C)C(=O)CNCCc1ccc(Cl)s1. The van der Waals surface area contributed by atoms with E-state index in [0.29, 0.717) is 6.54 Å². The molecule has 0 aromatic carbocycles. The first-order chi connectivity index (χ1) is 8.00. The van der Waals surface area contributed by atoms with Gasteiger partial charge in [0.05, 0.1) is 10.9 Å². The first-order valence-electron chi connectivity index (χ1n) is 5.71. The molecular weight excluding hydrogens is 256 g/mol. The van der Waals surface area contributed by atoms with Crippen LogP contribution in [0.5, 0.6) is 0 Å². The Labute approximate surface area is 112 Å². The van der Waals surface area contributed by atoms with Crippen LogP contribution in [0.2, 0.25) is 4.34 Å². The summed E-state index contributed by atoms with van der Waals surface area (Å²) in [5.74, 6) is 0.129. The highest BCUT2D eigenvalue weighted by Gasteiger charge is 2.10. The van der Waals surface area contributed by atoms with E-state index in [1.165, 1.54) is 4.88 Å². The molecule has 1 aromatic rings. The van der Waals surface area contributed by atoms with Gasteiger partial charge in [-0.05, 0) is 32.4 Å². The van der Waals surface area contributed by atoms with Crippen molar-refractivity contribution in [3.63, 3.8) is 0 Å². The Morgan fingerprint density at radius 3 is 2.76 bits per heavy atom. The predicted octanol–water partition coefficient (Wildman–Crippen LogP) is 2.40. The van der Waals surface area contributed by atoms with Crippen LogP contribution in [0, 0.1) is 0 Å². The number of rotatable bonds is 6. The number of carbonyl (C=O) groups is 1. The van der Waals surface area contributed by atoms with Gasteiger partial charge in [-0.1, -0.05) is 11.6 Å². The molecule has 0 radical (unpaired) electrons. The van der Waals surface area contributed by atoms with Crippen molar-refractivity contribution in [3.8, 4) is 0 Å². The van der Waals surface area contributed by atoms with Crippen molar-refractivity contribution in [2.24, 2.45) is 0 Å². The monoisotopic (exact) mass is 274 g/mol. The smallest absolute Gasteiger partial charge is 0.236 e. The lowest BCUT2D eigenvalue weighted by Crippen LogP contribution is -2.39. The van der Waals surface area contributed by atoms with Crippen LogP contribution in [0.4, 0.5) is 0 Å². The van der Waals surface area contributed by atoms with Crippen molar-refractivity contribution in [2.45, 2.75) is 26.3 Å². The van der Waals surface area contributed by atoms with Gasteiger partial charge >= 0.3 is 0 Å². The van der Waals surface area contributed by atoms with E-state index in [4.69, 9.17) is 11.6 Å². The maximum Gasteiger partial charge on any atom is 0.236 e. The first-order valence-corrected chi connectivity index (χ1v) is 6.90. The zero-order valence-electron chi connectivity index (χ0n) is 10.5. The van der Waals surface area contributed by atoms with E-state index in [1.807, 2.05) is 33.0 Å². The summed E-state index contributed by atoms with van der Waals surface area (Å²) in [5, 5.41) is 3.15. The minimum Gasteiger partial charge on any atom is -0.342 e. The van der Waals surface area contributed by atoms with Gasteiger partial charge in [0.2, 0.25) is 5.91 Å². The number of likely N-dealkylation sites (N-methyl/N-ethyl adjacent to an activating group) is 1. The highest BCUT2D eigenvalue weighted by molar-refractivity contribution is 7.16. The van der Waals surface area contributed by atoms with Gasteiger partial charge in [0.15, 0.2) is 0 Å². The quantitative estimate of drug-likeness (QED) is 0.808. The van der Waals surface area contributed by atoms with Crippen molar-refractivity contribution in [1.82, 2.24) is 10.2 Å². The Bertz CT molecular complexity index is 365. The van der Waals surface area contributed by atoms with Crippen LogP contribution in [0.15, 0.2) is 12.1 Å². The lowest BCUT2D eigenvalue weighted by molar-refractivity contribution is -0.130. The molecule has 1 heterocycles. The summed E-state index contributed by atoms with van der Waals surface area (Å²) in [6, 6.07) is 4.18. The highest BCUT2D eigenvalue weighted by Crippen LogP contribution is 2.21. The molecule has 0 bridgehead atoms. The fourth-order valence-corrected chi connectivity index (χ4v) is 2.39. The third-order valence-corrected chi connectivity index (χ3v) is 3.91. The highest BCUT2D eigenvalue weighted by atomic mass is 35.5. The molecule has 1 N–H and O–H groups in total. The zero-order chi connectivity index (χ0) is 12.8. The third kappa shape index (κ3) is 5.06. The average Bonchev–Trinajstić information content (AvgIpc) is 2.69. The Morgan fingerprint density at radius 2 is 2.24 bits per heavy atom. The van der Waals surface area contributed by atoms with Gasteiger partial charge in [-0.2, -0.15) is 0 Å². The van der Waals surface area contributed by atoms with E-state index in [2.05, 4.69) is 5.32 Å². The largest absolute Gasteiger partial charge is 0.342 e.